The van der Waals surface area contributed by atoms with Gasteiger partial charge < -0.3 is 28.8 Å². The number of amides is 1. The van der Waals surface area contributed by atoms with Crippen molar-refractivity contribution < 1.29 is 32.9 Å². The molecular formula is C50H103N2O6P. The van der Waals surface area contributed by atoms with E-state index in [0.717, 1.165) is 38.5 Å². The largest absolute Gasteiger partial charge is 0.756 e. The SMILES string of the molecule is CCCCCCCCCCCCCCCCCCCCCCCCCCCC(O)C(COP(=O)([O-])OCC[N+](C)(C)C)NC(=O)CCCCCCCCCCCCCC. The van der Waals surface area contributed by atoms with Crippen LogP contribution < -0.4 is 10.2 Å². The van der Waals surface area contributed by atoms with Gasteiger partial charge in [-0.1, -0.05) is 245 Å². The van der Waals surface area contributed by atoms with Crippen LogP contribution in [0.25, 0.3) is 0 Å². The molecule has 0 aromatic heterocycles. The van der Waals surface area contributed by atoms with Crippen molar-refractivity contribution in [1.29, 1.82) is 0 Å². The molecular weight excluding hydrogens is 756 g/mol. The molecule has 0 aromatic carbocycles. The number of nitrogens with zero attached hydrogens (tertiary/aromatic N) is 1. The van der Waals surface area contributed by atoms with Gasteiger partial charge in [-0.15, -0.1) is 0 Å². The molecule has 59 heavy (non-hydrogen) atoms. The number of phosphoric acid groups is 1. The second-order valence-electron chi connectivity index (χ2n) is 19.2. The maximum Gasteiger partial charge on any atom is 0.268 e. The molecule has 0 aliphatic heterocycles. The van der Waals surface area contributed by atoms with E-state index in [1.54, 1.807) is 0 Å². The maximum absolute atomic E-state index is 12.9. The van der Waals surface area contributed by atoms with Crippen molar-refractivity contribution in [2.75, 3.05) is 40.9 Å². The fourth-order valence-electron chi connectivity index (χ4n) is 7.98. The molecule has 0 bridgehead atoms. The molecule has 0 aliphatic carbocycles. The highest BCUT2D eigenvalue weighted by Crippen LogP contribution is 2.38. The van der Waals surface area contributed by atoms with Crippen LogP contribution in [0.5, 0.6) is 0 Å². The molecule has 354 valence electrons. The van der Waals surface area contributed by atoms with E-state index in [0.29, 0.717) is 23.9 Å². The van der Waals surface area contributed by atoms with Gasteiger partial charge in [0.25, 0.3) is 7.82 Å². The first kappa shape index (κ1) is 58.5. The van der Waals surface area contributed by atoms with Crippen molar-refractivity contribution in [1.82, 2.24) is 5.32 Å². The Morgan fingerprint density at radius 3 is 1.15 bits per heavy atom. The van der Waals surface area contributed by atoms with E-state index in [-0.39, 0.29) is 19.1 Å². The van der Waals surface area contributed by atoms with Gasteiger partial charge >= 0.3 is 0 Å². The highest BCUT2D eigenvalue weighted by atomic mass is 31.2. The number of phosphoric ester groups is 1. The molecule has 0 spiro atoms. The second-order valence-corrected chi connectivity index (χ2v) is 20.7. The van der Waals surface area contributed by atoms with Crippen molar-refractivity contribution in [3.63, 3.8) is 0 Å². The van der Waals surface area contributed by atoms with E-state index in [9.17, 15) is 19.4 Å². The first-order valence-electron chi connectivity index (χ1n) is 25.9. The highest BCUT2D eigenvalue weighted by Gasteiger charge is 2.24. The lowest BCUT2D eigenvalue weighted by molar-refractivity contribution is -0.870. The quantitative estimate of drug-likeness (QED) is 0.0358. The summed E-state index contributed by atoms with van der Waals surface area (Å²) in [5, 5.41) is 14.0. The summed E-state index contributed by atoms with van der Waals surface area (Å²) in [4.78, 5) is 25.4. The molecule has 0 aromatic rings. The van der Waals surface area contributed by atoms with Crippen LogP contribution in [0.3, 0.4) is 0 Å². The first-order chi connectivity index (χ1) is 28.5. The number of carbonyl (C=O) groups is 1. The Morgan fingerprint density at radius 2 is 0.831 bits per heavy atom. The molecule has 0 saturated carbocycles. The Bertz CT molecular complexity index is 932. The van der Waals surface area contributed by atoms with Crippen LogP contribution in [0.15, 0.2) is 0 Å². The number of aliphatic hydroxyl groups is 1. The second kappa shape index (κ2) is 42.8. The standard InChI is InChI=1S/C50H103N2O6P/c1-6-8-10-12-14-16-18-20-21-22-23-24-25-26-27-28-29-30-31-32-33-35-37-39-41-43-49(53)48(47-58-59(55,56)57-46-45-52(3,4)5)51-50(54)44-42-40-38-36-34-19-17-15-13-11-9-7-2/h48-49,53H,6-47H2,1-5H3,(H-,51,54,55,56). The summed E-state index contributed by atoms with van der Waals surface area (Å²) in [6, 6.07) is -0.793. The van der Waals surface area contributed by atoms with Gasteiger partial charge in [0.2, 0.25) is 5.91 Å². The Hall–Kier alpha value is -0.500. The summed E-state index contributed by atoms with van der Waals surface area (Å²) in [5.74, 6) is -0.161. The predicted octanol–water partition coefficient (Wildman–Crippen LogP) is 14.3. The highest BCUT2D eigenvalue weighted by molar-refractivity contribution is 7.45. The summed E-state index contributed by atoms with van der Waals surface area (Å²) in [6.45, 7) is 4.75. The average Bonchev–Trinajstić information content (AvgIpc) is 3.19. The van der Waals surface area contributed by atoms with Crippen molar-refractivity contribution in [3.8, 4) is 0 Å². The third-order valence-corrected chi connectivity index (χ3v) is 13.1. The minimum absolute atomic E-state index is 0.0162. The number of aliphatic hydroxyl groups excluding tert-OH is 1. The number of carbonyl (C=O) groups excluding carboxylic acids is 1. The number of quaternary nitrogens is 1. The van der Waals surface area contributed by atoms with Gasteiger partial charge in [-0.25, -0.2) is 0 Å². The molecule has 1 amide bonds. The molecule has 0 radical (unpaired) electrons. The monoisotopic (exact) mass is 859 g/mol. The third-order valence-electron chi connectivity index (χ3n) is 12.1. The number of rotatable bonds is 48. The topological polar surface area (TPSA) is 108 Å². The molecule has 8 nitrogen and oxygen atoms in total. The van der Waals surface area contributed by atoms with Crippen LogP contribution in [0.4, 0.5) is 0 Å². The first-order valence-corrected chi connectivity index (χ1v) is 27.3. The Balaban J connectivity index is 4.11. The molecule has 2 N–H and O–H groups in total. The van der Waals surface area contributed by atoms with E-state index >= 15 is 0 Å². The lowest BCUT2D eigenvalue weighted by Gasteiger charge is -2.30. The van der Waals surface area contributed by atoms with Crippen LogP contribution in [0, 0.1) is 0 Å². The van der Waals surface area contributed by atoms with E-state index < -0.39 is 20.0 Å². The van der Waals surface area contributed by atoms with Gasteiger partial charge in [-0.3, -0.25) is 9.36 Å². The van der Waals surface area contributed by atoms with Crippen molar-refractivity contribution >= 4 is 13.7 Å². The molecule has 0 rings (SSSR count). The number of hydrogen-bond acceptors (Lipinski definition) is 6. The number of hydrogen-bond donors (Lipinski definition) is 2. The zero-order chi connectivity index (χ0) is 43.6. The Kier molecular flexibility index (Phi) is 42.4. The molecule has 0 saturated heterocycles. The molecule has 9 heteroatoms. The van der Waals surface area contributed by atoms with Crippen LogP contribution >= 0.6 is 7.82 Å². The zero-order valence-corrected chi connectivity index (χ0v) is 41.1. The van der Waals surface area contributed by atoms with Gasteiger partial charge in [0, 0.05) is 6.42 Å². The Morgan fingerprint density at radius 1 is 0.525 bits per heavy atom. The van der Waals surface area contributed by atoms with Crippen LogP contribution in [-0.2, 0) is 18.4 Å². The summed E-state index contributed by atoms with van der Waals surface area (Å²) in [7, 11) is 1.32. The van der Waals surface area contributed by atoms with Gasteiger partial charge in [0.15, 0.2) is 0 Å². The summed E-state index contributed by atoms with van der Waals surface area (Å²) < 4.78 is 23.3. The van der Waals surface area contributed by atoms with Gasteiger partial charge in [0.1, 0.15) is 13.2 Å². The lowest BCUT2D eigenvalue weighted by Crippen LogP contribution is -2.46. The summed E-state index contributed by atoms with van der Waals surface area (Å²) in [6.07, 6.45) is 48.4. The number of likely N-dealkylation sites (N-methyl/N-ethyl adjacent to an activating group) is 1. The average molecular weight is 859 g/mol. The van der Waals surface area contributed by atoms with Gasteiger partial charge in [-0.2, -0.15) is 0 Å². The predicted molar refractivity (Wildman–Crippen MR) is 252 cm³/mol. The smallest absolute Gasteiger partial charge is 0.268 e. The molecule has 0 fully saturated rings. The fourth-order valence-corrected chi connectivity index (χ4v) is 8.71. The van der Waals surface area contributed by atoms with E-state index in [2.05, 4.69) is 19.2 Å². The van der Waals surface area contributed by atoms with Crippen molar-refractivity contribution in [3.05, 3.63) is 0 Å². The Labute approximate surface area is 368 Å². The lowest BCUT2D eigenvalue weighted by atomic mass is 10.0. The minimum atomic E-state index is -4.56. The van der Waals surface area contributed by atoms with Crippen molar-refractivity contribution in [2.24, 2.45) is 0 Å². The van der Waals surface area contributed by atoms with Crippen LogP contribution in [0.2, 0.25) is 0 Å². The number of unbranched alkanes of at least 4 members (excludes halogenated alkanes) is 35. The van der Waals surface area contributed by atoms with Gasteiger partial charge in [-0.05, 0) is 12.8 Å². The molecule has 0 heterocycles. The van der Waals surface area contributed by atoms with E-state index in [4.69, 9.17) is 9.05 Å². The zero-order valence-electron chi connectivity index (χ0n) is 40.2. The van der Waals surface area contributed by atoms with Crippen LogP contribution in [-0.4, -0.2) is 68.5 Å². The third kappa shape index (κ3) is 45.3. The van der Waals surface area contributed by atoms with Crippen molar-refractivity contribution in [2.45, 2.75) is 276 Å². The minimum Gasteiger partial charge on any atom is -0.756 e. The van der Waals surface area contributed by atoms with E-state index in [1.165, 1.54) is 199 Å². The summed E-state index contributed by atoms with van der Waals surface area (Å²) in [5.41, 5.74) is 0. The number of nitrogens with one attached hydrogen (secondary N) is 1. The molecule has 3 unspecified atom stereocenters. The molecule has 3 atom stereocenters. The maximum atomic E-state index is 12.9. The normalized spacial score (nSPS) is 14.1. The summed E-state index contributed by atoms with van der Waals surface area (Å²) >= 11 is 0. The van der Waals surface area contributed by atoms with Crippen LogP contribution in [0.1, 0.15) is 264 Å². The fraction of sp³-hybridized carbons (Fsp3) is 0.980. The molecule has 0 aliphatic rings. The van der Waals surface area contributed by atoms with E-state index in [1.807, 2.05) is 21.1 Å². The van der Waals surface area contributed by atoms with Gasteiger partial charge in [0.05, 0.1) is 39.9 Å².